The van der Waals surface area contributed by atoms with E-state index in [0.717, 1.165) is 32.2 Å². The number of fused-ring (bicyclic) bond motifs is 3. The van der Waals surface area contributed by atoms with Crippen LogP contribution in [0.25, 0.3) is 10.9 Å². The van der Waals surface area contributed by atoms with E-state index < -0.39 is 6.09 Å². The molecule has 33 heavy (non-hydrogen) atoms. The maximum Gasteiger partial charge on any atom is 0.416 e. The van der Waals surface area contributed by atoms with Crippen molar-refractivity contribution in [3.05, 3.63) is 93.0 Å². The molecule has 1 aromatic heterocycles. The molecule has 168 valence electrons. The van der Waals surface area contributed by atoms with Crippen LogP contribution in [-0.4, -0.2) is 29.3 Å². The van der Waals surface area contributed by atoms with Gasteiger partial charge in [0, 0.05) is 32.6 Å². The van der Waals surface area contributed by atoms with Crippen LogP contribution in [0.4, 0.5) is 4.79 Å². The molecule has 4 aromatic rings. The Kier molecular flexibility index (Phi) is 6.01. The molecule has 3 N–H and O–H groups in total. The van der Waals surface area contributed by atoms with E-state index in [1.165, 1.54) is 0 Å². The Labute approximate surface area is 204 Å². The van der Waals surface area contributed by atoms with E-state index in [0.29, 0.717) is 29.5 Å². The van der Waals surface area contributed by atoms with Gasteiger partial charge < -0.3 is 14.5 Å². The van der Waals surface area contributed by atoms with Gasteiger partial charge in [0.15, 0.2) is 0 Å². The standard InChI is InChI=1S/C25H21BrClN3O3/c26-16-3-8-19(9-4-16)33-25(31)30-12-11-20-21-13-17(27)5-10-22(21)29-23(20)24(30)15-1-6-18(7-2-15)32-14-28/h1-10,13,24,29H,11-12,14,28H2. The van der Waals surface area contributed by atoms with E-state index in [4.69, 9.17) is 26.8 Å². The number of carbonyl (C=O) groups is 1. The normalized spacial score (nSPS) is 15.4. The predicted molar refractivity (Wildman–Crippen MR) is 132 cm³/mol. The maximum absolute atomic E-state index is 13.3. The molecule has 0 fully saturated rings. The molecule has 1 amide bonds. The number of amides is 1. The molecule has 0 saturated carbocycles. The largest absolute Gasteiger partial charge is 0.479 e. The van der Waals surface area contributed by atoms with Gasteiger partial charge in [-0.15, -0.1) is 0 Å². The molecule has 1 aliphatic rings. The summed E-state index contributed by atoms with van der Waals surface area (Å²) >= 11 is 9.68. The number of nitrogens with zero attached hydrogens (tertiary/aromatic N) is 1. The Balaban J connectivity index is 1.56. The second kappa shape index (κ2) is 9.09. The molecule has 0 spiro atoms. The van der Waals surface area contributed by atoms with Gasteiger partial charge >= 0.3 is 6.09 Å². The van der Waals surface area contributed by atoms with Crippen LogP contribution in [0.15, 0.2) is 71.2 Å². The Morgan fingerprint density at radius 3 is 2.55 bits per heavy atom. The van der Waals surface area contributed by atoms with E-state index in [-0.39, 0.29) is 12.8 Å². The number of aromatic amines is 1. The predicted octanol–water partition coefficient (Wildman–Crippen LogP) is 6.03. The fourth-order valence-corrected chi connectivity index (χ4v) is 4.75. The molecule has 1 atom stereocenters. The van der Waals surface area contributed by atoms with Crippen LogP contribution >= 0.6 is 27.5 Å². The van der Waals surface area contributed by atoms with Crippen molar-refractivity contribution in [1.82, 2.24) is 9.88 Å². The number of H-pyrrole nitrogens is 1. The highest BCUT2D eigenvalue weighted by Gasteiger charge is 2.35. The molecule has 0 radical (unpaired) electrons. The number of hydrogen-bond acceptors (Lipinski definition) is 4. The highest BCUT2D eigenvalue weighted by molar-refractivity contribution is 9.10. The van der Waals surface area contributed by atoms with Crippen molar-refractivity contribution in [2.75, 3.05) is 13.3 Å². The van der Waals surface area contributed by atoms with E-state index >= 15 is 0 Å². The molecule has 1 aliphatic heterocycles. The first kappa shape index (κ1) is 21.8. The number of halogens is 2. The third-order valence-electron chi connectivity index (χ3n) is 5.79. The number of aromatic nitrogens is 1. The van der Waals surface area contributed by atoms with Gasteiger partial charge in [-0.1, -0.05) is 39.7 Å². The van der Waals surface area contributed by atoms with Crippen LogP contribution < -0.4 is 15.2 Å². The average Bonchev–Trinajstić information content (AvgIpc) is 3.18. The first-order valence-electron chi connectivity index (χ1n) is 10.5. The first-order valence-corrected chi connectivity index (χ1v) is 11.7. The van der Waals surface area contributed by atoms with Gasteiger partial charge in [-0.3, -0.25) is 10.6 Å². The monoisotopic (exact) mass is 525 g/mol. The summed E-state index contributed by atoms with van der Waals surface area (Å²) in [7, 11) is 0. The fourth-order valence-electron chi connectivity index (χ4n) is 4.31. The molecule has 6 nitrogen and oxygen atoms in total. The lowest BCUT2D eigenvalue weighted by Crippen LogP contribution is -2.42. The second-order valence-electron chi connectivity index (χ2n) is 7.75. The minimum atomic E-state index is -0.410. The summed E-state index contributed by atoms with van der Waals surface area (Å²) in [6.45, 7) is 0.606. The van der Waals surface area contributed by atoms with E-state index in [2.05, 4.69) is 20.9 Å². The van der Waals surface area contributed by atoms with Crippen molar-refractivity contribution in [3.63, 3.8) is 0 Å². The van der Waals surface area contributed by atoms with Crippen LogP contribution in [0.2, 0.25) is 5.02 Å². The Bertz CT molecular complexity index is 1310. The second-order valence-corrected chi connectivity index (χ2v) is 9.11. The topological polar surface area (TPSA) is 80.6 Å². The van der Waals surface area contributed by atoms with Crippen molar-refractivity contribution in [2.24, 2.45) is 5.73 Å². The number of nitrogens with two attached hydrogens (primary N) is 1. The van der Waals surface area contributed by atoms with Crippen molar-refractivity contribution in [1.29, 1.82) is 0 Å². The fraction of sp³-hybridized carbons (Fsp3) is 0.160. The molecule has 5 rings (SSSR count). The molecule has 8 heteroatoms. The number of carbonyl (C=O) groups excluding carboxylic acids is 1. The summed E-state index contributed by atoms with van der Waals surface area (Å²) in [4.78, 5) is 18.6. The van der Waals surface area contributed by atoms with Gasteiger partial charge in [0.25, 0.3) is 0 Å². The first-order chi connectivity index (χ1) is 16.0. The lowest BCUT2D eigenvalue weighted by atomic mass is 9.92. The minimum absolute atomic E-state index is 0.0986. The smallest absolute Gasteiger partial charge is 0.416 e. The van der Waals surface area contributed by atoms with Gasteiger partial charge in [0.05, 0.1) is 0 Å². The zero-order valence-corrected chi connectivity index (χ0v) is 19.9. The molecule has 2 heterocycles. The zero-order valence-electron chi connectivity index (χ0n) is 17.6. The van der Waals surface area contributed by atoms with E-state index in [9.17, 15) is 4.79 Å². The Morgan fingerprint density at radius 2 is 1.82 bits per heavy atom. The van der Waals surface area contributed by atoms with Gasteiger partial charge in [-0.2, -0.15) is 0 Å². The minimum Gasteiger partial charge on any atom is -0.479 e. The summed E-state index contributed by atoms with van der Waals surface area (Å²) in [5.41, 5.74) is 9.53. The average molecular weight is 527 g/mol. The molecule has 1 unspecified atom stereocenters. The molecule has 0 saturated heterocycles. The molecule has 0 aliphatic carbocycles. The number of nitrogens with one attached hydrogen (secondary N) is 1. The highest BCUT2D eigenvalue weighted by Crippen LogP contribution is 2.40. The summed E-state index contributed by atoms with van der Waals surface area (Å²) in [6, 6.07) is 20.3. The number of ether oxygens (including phenoxy) is 2. The van der Waals surface area contributed by atoms with Crippen LogP contribution in [0.5, 0.6) is 11.5 Å². The van der Waals surface area contributed by atoms with Crippen LogP contribution in [0.3, 0.4) is 0 Å². The van der Waals surface area contributed by atoms with Crippen molar-refractivity contribution < 1.29 is 14.3 Å². The lowest BCUT2D eigenvalue weighted by molar-refractivity contribution is 0.135. The van der Waals surface area contributed by atoms with Crippen LogP contribution in [0.1, 0.15) is 22.9 Å². The Morgan fingerprint density at radius 1 is 1.09 bits per heavy atom. The highest BCUT2D eigenvalue weighted by atomic mass is 79.9. The quantitative estimate of drug-likeness (QED) is 0.318. The Hall–Kier alpha value is -3.00. The van der Waals surface area contributed by atoms with Gasteiger partial charge in [0.2, 0.25) is 0 Å². The molecule has 3 aromatic carbocycles. The molecular weight excluding hydrogens is 506 g/mol. The van der Waals surface area contributed by atoms with Crippen molar-refractivity contribution in [2.45, 2.75) is 12.5 Å². The number of hydrogen-bond donors (Lipinski definition) is 2. The zero-order chi connectivity index (χ0) is 22.9. The lowest BCUT2D eigenvalue weighted by Gasteiger charge is -2.35. The summed E-state index contributed by atoms with van der Waals surface area (Å²) in [6.07, 6.45) is 0.280. The number of rotatable bonds is 4. The third kappa shape index (κ3) is 4.31. The van der Waals surface area contributed by atoms with E-state index in [1.54, 1.807) is 17.0 Å². The number of benzene rings is 3. The SMILES string of the molecule is NCOc1ccc(C2c3[nH]c4ccc(Cl)cc4c3CCN2C(=O)Oc2ccc(Br)cc2)cc1. The van der Waals surface area contributed by atoms with Crippen LogP contribution in [0, 0.1) is 0 Å². The molecular formula is C25H21BrClN3O3. The third-order valence-corrected chi connectivity index (χ3v) is 6.55. The molecule has 0 bridgehead atoms. The van der Waals surface area contributed by atoms with Crippen LogP contribution in [-0.2, 0) is 6.42 Å². The van der Waals surface area contributed by atoms with Crippen molar-refractivity contribution >= 4 is 44.5 Å². The summed E-state index contributed by atoms with van der Waals surface area (Å²) < 4.78 is 12.0. The van der Waals surface area contributed by atoms with Gasteiger partial charge in [-0.25, -0.2) is 4.79 Å². The van der Waals surface area contributed by atoms with Crippen molar-refractivity contribution in [3.8, 4) is 11.5 Å². The van der Waals surface area contributed by atoms with E-state index in [1.807, 2.05) is 54.6 Å². The summed E-state index contributed by atoms with van der Waals surface area (Å²) in [5.74, 6) is 1.16. The summed E-state index contributed by atoms with van der Waals surface area (Å²) in [5, 5.41) is 1.76. The maximum atomic E-state index is 13.3. The van der Waals surface area contributed by atoms with Gasteiger partial charge in [0.1, 0.15) is 24.3 Å². The van der Waals surface area contributed by atoms with Gasteiger partial charge in [-0.05, 0) is 72.1 Å².